The number of fused-ring (bicyclic) bond motifs is 1. The van der Waals surface area contributed by atoms with Gasteiger partial charge >= 0.3 is 6.01 Å². The normalized spacial score (nSPS) is 28.6. The van der Waals surface area contributed by atoms with Crippen LogP contribution >= 0.6 is 0 Å². The molecule has 0 amide bonds. The average Bonchev–Trinajstić information content (AvgIpc) is 3.71. The van der Waals surface area contributed by atoms with Crippen LogP contribution in [-0.2, 0) is 5.41 Å². The molecule has 0 radical (unpaired) electrons. The molecule has 1 aliphatic heterocycles. The summed E-state index contributed by atoms with van der Waals surface area (Å²) in [5.41, 5.74) is 1.12. The smallest absolute Gasteiger partial charge is 0.320 e. The summed E-state index contributed by atoms with van der Waals surface area (Å²) in [5, 5.41) is 26.5. The number of ether oxygens (including phenoxy) is 1. The summed E-state index contributed by atoms with van der Waals surface area (Å²) in [4.78, 5) is 11.4. The molecule has 2 aliphatic carbocycles. The number of nitrogens with zero attached hydrogens (tertiary/aromatic N) is 6. The quantitative estimate of drug-likeness (QED) is 0.637. The van der Waals surface area contributed by atoms with Crippen molar-refractivity contribution in [1.82, 2.24) is 19.7 Å². The highest BCUT2D eigenvalue weighted by molar-refractivity contribution is 5.82. The van der Waals surface area contributed by atoms with Gasteiger partial charge in [0.15, 0.2) is 5.82 Å². The van der Waals surface area contributed by atoms with Gasteiger partial charge in [-0.2, -0.15) is 20.3 Å². The van der Waals surface area contributed by atoms with E-state index in [9.17, 15) is 10.4 Å². The van der Waals surface area contributed by atoms with E-state index in [2.05, 4.69) is 58.1 Å². The van der Waals surface area contributed by atoms with E-state index >= 15 is 0 Å². The molecule has 1 saturated heterocycles. The highest BCUT2D eigenvalue weighted by Crippen LogP contribution is 2.78. The molecular formula is C26H30N6O2. The number of aromatic nitrogens is 4. The summed E-state index contributed by atoms with van der Waals surface area (Å²) >= 11 is 0. The zero-order valence-corrected chi connectivity index (χ0v) is 20.1. The monoisotopic (exact) mass is 458 g/mol. The Labute approximate surface area is 199 Å². The first-order valence-electron chi connectivity index (χ1n) is 12.0. The minimum atomic E-state index is -0.719. The lowest BCUT2D eigenvalue weighted by molar-refractivity contribution is -0.0504. The predicted octanol–water partition coefficient (Wildman–Crippen LogP) is 3.61. The molecule has 0 unspecified atom stereocenters. The molecule has 0 bridgehead atoms. The predicted molar refractivity (Wildman–Crippen MR) is 128 cm³/mol. The summed E-state index contributed by atoms with van der Waals surface area (Å²) in [6, 6.07) is 11.1. The van der Waals surface area contributed by atoms with Crippen LogP contribution in [0, 0.1) is 28.6 Å². The minimum Gasteiger partial charge on any atom is -0.467 e. The van der Waals surface area contributed by atoms with Gasteiger partial charge in [-0.05, 0) is 43.2 Å². The second-order valence-electron chi connectivity index (χ2n) is 10.8. The molecule has 1 spiro atoms. The maximum atomic E-state index is 10.8. The molecule has 1 N–H and O–H groups in total. The largest absolute Gasteiger partial charge is 0.467 e. The lowest BCUT2D eigenvalue weighted by Crippen LogP contribution is -2.55. The molecule has 8 nitrogen and oxygen atoms in total. The third-order valence-electron chi connectivity index (χ3n) is 8.88. The number of hydrogen-bond donors (Lipinski definition) is 1. The third-order valence-corrected chi connectivity index (χ3v) is 8.88. The van der Waals surface area contributed by atoms with Crippen LogP contribution in [0.5, 0.6) is 6.01 Å². The number of nitriles is 1. The van der Waals surface area contributed by atoms with Crippen molar-refractivity contribution in [2.24, 2.45) is 17.3 Å². The van der Waals surface area contributed by atoms with E-state index in [0.29, 0.717) is 18.9 Å². The van der Waals surface area contributed by atoms with Gasteiger partial charge in [-0.3, -0.25) is 0 Å². The standard InChI is InChI=1S/C26H30N6O2/c1-16-12-31(13-17(2)24(16,3)33)21-10-22(30-23(29-21)34-4)32-20-9-19(6-5-18(20)11-28-32)26(15-27)14-25(26)7-8-25/h5-6,9-11,16-17,33H,7-8,12-14H2,1-4H3/t16-,17-,26+/m0/s1. The third kappa shape index (κ3) is 2.89. The van der Waals surface area contributed by atoms with Gasteiger partial charge in [0, 0.05) is 36.4 Å². The summed E-state index contributed by atoms with van der Waals surface area (Å²) in [7, 11) is 1.56. The Bertz CT molecular complexity index is 1320. The van der Waals surface area contributed by atoms with Crippen LogP contribution in [0.1, 0.15) is 45.6 Å². The number of hydrogen-bond acceptors (Lipinski definition) is 7. The second kappa shape index (κ2) is 6.92. The van der Waals surface area contributed by atoms with Crippen molar-refractivity contribution in [3.05, 3.63) is 36.0 Å². The van der Waals surface area contributed by atoms with Crippen LogP contribution in [0.4, 0.5) is 5.82 Å². The van der Waals surface area contributed by atoms with Gasteiger partial charge in [-0.1, -0.05) is 26.0 Å². The van der Waals surface area contributed by atoms with Gasteiger partial charge in [-0.25, -0.2) is 4.68 Å². The first-order chi connectivity index (χ1) is 16.2. The molecule has 2 saturated carbocycles. The Morgan fingerprint density at radius 2 is 1.82 bits per heavy atom. The summed E-state index contributed by atoms with van der Waals surface area (Å²) in [6.07, 6.45) is 5.07. The van der Waals surface area contributed by atoms with Crippen molar-refractivity contribution in [3.8, 4) is 17.9 Å². The van der Waals surface area contributed by atoms with Gasteiger partial charge < -0.3 is 14.7 Å². The van der Waals surface area contributed by atoms with Crippen molar-refractivity contribution < 1.29 is 9.84 Å². The van der Waals surface area contributed by atoms with Crippen LogP contribution in [0.3, 0.4) is 0 Å². The highest BCUT2D eigenvalue weighted by Gasteiger charge is 2.75. The Morgan fingerprint density at radius 1 is 1.12 bits per heavy atom. The summed E-state index contributed by atoms with van der Waals surface area (Å²) in [6.45, 7) is 7.43. The van der Waals surface area contributed by atoms with Crippen molar-refractivity contribution in [3.63, 3.8) is 0 Å². The van der Waals surface area contributed by atoms with Crippen LogP contribution < -0.4 is 9.64 Å². The van der Waals surface area contributed by atoms with Crippen molar-refractivity contribution >= 4 is 16.7 Å². The van der Waals surface area contributed by atoms with Gasteiger partial charge in [0.05, 0.1) is 35.9 Å². The lowest BCUT2D eigenvalue weighted by atomic mass is 9.76. The SMILES string of the molecule is COc1nc(N2C[C@H](C)C(C)(O)[C@@H](C)C2)cc(-n2ncc3ccc([C@]4(C#N)CC45CC5)cc32)n1. The zero-order chi connectivity index (χ0) is 23.9. The molecule has 8 heteroatoms. The molecule has 176 valence electrons. The van der Waals surface area contributed by atoms with E-state index in [1.54, 1.807) is 7.11 Å². The maximum Gasteiger partial charge on any atom is 0.320 e. The van der Waals surface area contributed by atoms with E-state index < -0.39 is 5.60 Å². The molecule has 3 atom stereocenters. The number of methoxy groups -OCH3 is 1. The fourth-order valence-corrected chi connectivity index (χ4v) is 5.86. The highest BCUT2D eigenvalue weighted by atomic mass is 16.5. The summed E-state index contributed by atoms with van der Waals surface area (Å²) < 4.78 is 7.26. The molecule has 3 aliphatic rings. The number of anilines is 1. The van der Waals surface area contributed by atoms with E-state index in [1.165, 1.54) is 0 Å². The number of rotatable bonds is 4. The Kier molecular flexibility index (Phi) is 4.35. The number of benzene rings is 1. The van der Waals surface area contributed by atoms with Crippen molar-refractivity contribution in [2.45, 2.75) is 51.0 Å². The molecule has 34 heavy (non-hydrogen) atoms. The van der Waals surface area contributed by atoms with E-state index in [1.807, 2.05) is 23.9 Å². The molecule has 6 rings (SSSR count). The van der Waals surface area contributed by atoms with Crippen LogP contribution in [0.2, 0.25) is 0 Å². The summed E-state index contributed by atoms with van der Waals surface area (Å²) in [5.74, 6) is 1.55. The molecule has 3 aromatic rings. The van der Waals surface area contributed by atoms with E-state index in [-0.39, 0.29) is 28.7 Å². The first kappa shape index (κ1) is 21.4. The minimum absolute atomic E-state index is 0.0872. The van der Waals surface area contributed by atoms with E-state index in [0.717, 1.165) is 41.5 Å². The molecular weight excluding hydrogens is 428 g/mol. The van der Waals surface area contributed by atoms with E-state index in [4.69, 9.17) is 4.74 Å². The second-order valence-corrected chi connectivity index (χ2v) is 10.8. The maximum absolute atomic E-state index is 10.8. The van der Waals surface area contributed by atoms with Crippen molar-refractivity contribution in [1.29, 1.82) is 5.26 Å². The molecule has 1 aromatic carbocycles. The Morgan fingerprint density at radius 3 is 2.44 bits per heavy atom. The van der Waals surface area contributed by atoms with Gasteiger partial charge in [-0.15, -0.1) is 0 Å². The Hall–Kier alpha value is -3.18. The topological polar surface area (TPSA) is 100 Å². The molecule has 3 fully saturated rings. The van der Waals surface area contributed by atoms with Gasteiger partial charge in [0.2, 0.25) is 0 Å². The lowest BCUT2D eigenvalue weighted by Gasteiger charge is -2.46. The molecule has 3 heterocycles. The van der Waals surface area contributed by atoms with Crippen LogP contribution in [-0.4, -0.2) is 50.7 Å². The van der Waals surface area contributed by atoms with Crippen LogP contribution in [0.25, 0.3) is 16.7 Å². The fourth-order valence-electron chi connectivity index (χ4n) is 5.86. The van der Waals surface area contributed by atoms with Crippen LogP contribution in [0.15, 0.2) is 30.5 Å². The fraction of sp³-hybridized carbons (Fsp3) is 0.538. The molecule has 2 aromatic heterocycles. The average molecular weight is 459 g/mol. The van der Waals surface area contributed by atoms with Gasteiger partial charge in [0.1, 0.15) is 5.82 Å². The van der Waals surface area contributed by atoms with Crippen molar-refractivity contribution in [2.75, 3.05) is 25.1 Å². The number of aliphatic hydroxyl groups is 1. The zero-order valence-electron chi connectivity index (χ0n) is 20.1. The van der Waals surface area contributed by atoms with Gasteiger partial charge in [0.25, 0.3) is 0 Å². The Balaban J connectivity index is 1.41. The number of piperidine rings is 1. The first-order valence-corrected chi connectivity index (χ1v) is 12.0.